The molecular weight excluding hydrogens is 250 g/mol. The fraction of sp³-hybridized carbons (Fsp3) is 0.562. The molecule has 0 radical (unpaired) electrons. The molecule has 0 aliphatic heterocycles. The van der Waals surface area contributed by atoms with Crippen LogP contribution < -0.4 is 5.32 Å². The van der Waals surface area contributed by atoms with Crippen molar-refractivity contribution in [3.05, 3.63) is 41.9 Å². The molecule has 0 aliphatic carbocycles. The van der Waals surface area contributed by atoms with Crippen LogP contribution in [0.1, 0.15) is 50.6 Å². The molecule has 0 saturated heterocycles. The number of aromatic nitrogens is 2. The average Bonchev–Trinajstić information content (AvgIpc) is 3.11. The minimum atomic E-state index is 0.197. The van der Waals surface area contributed by atoms with Crippen LogP contribution in [-0.4, -0.2) is 16.1 Å². The van der Waals surface area contributed by atoms with E-state index in [4.69, 9.17) is 4.42 Å². The molecule has 0 aliphatic rings. The molecule has 2 heterocycles. The van der Waals surface area contributed by atoms with Crippen molar-refractivity contribution in [2.75, 3.05) is 6.54 Å². The van der Waals surface area contributed by atoms with Crippen LogP contribution in [0.4, 0.5) is 0 Å². The summed E-state index contributed by atoms with van der Waals surface area (Å²) in [5.41, 5.74) is 0. The Morgan fingerprint density at radius 2 is 2.15 bits per heavy atom. The van der Waals surface area contributed by atoms with E-state index in [0.717, 1.165) is 49.7 Å². The Balaban J connectivity index is 2.14. The van der Waals surface area contributed by atoms with Crippen molar-refractivity contribution in [2.45, 2.75) is 52.6 Å². The van der Waals surface area contributed by atoms with E-state index in [1.807, 2.05) is 12.4 Å². The second-order valence-electron chi connectivity index (χ2n) is 5.00. The lowest BCUT2D eigenvalue weighted by Crippen LogP contribution is -2.25. The second-order valence-corrected chi connectivity index (χ2v) is 5.00. The lowest BCUT2D eigenvalue weighted by Gasteiger charge is -2.16. The normalized spacial score (nSPS) is 12.8. The summed E-state index contributed by atoms with van der Waals surface area (Å²) < 4.78 is 8.10. The molecule has 2 rings (SSSR count). The molecule has 4 nitrogen and oxygen atoms in total. The zero-order valence-electron chi connectivity index (χ0n) is 12.7. The van der Waals surface area contributed by atoms with Crippen LogP contribution in [0.5, 0.6) is 0 Å². The number of nitrogens with one attached hydrogen (secondary N) is 1. The van der Waals surface area contributed by atoms with E-state index in [2.05, 4.69) is 47.8 Å². The van der Waals surface area contributed by atoms with Gasteiger partial charge in [-0.1, -0.05) is 13.8 Å². The van der Waals surface area contributed by atoms with Crippen molar-refractivity contribution in [1.82, 2.24) is 14.9 Å². The first-order valence-corrected chi connectivity index (χ1v) is 7.60. The van der Waals surface area contributed by atoms with E-state index in [-0.39, 0.29) is 6.04 Å². The summed E-state index contributed by atoms with van der Waals surface area (Å²) in [6.07, 6.45) is 6.81. The van der Waals surface area contributed by atoms with Crippen LogP contribution in [-0.2, 0) is 19.4 Å². The third kappa shape index (κ3) is 3.51. The summed E-state index contributed by atoms with van der Waals surface area (Å²) >= 11 is 0. The highest BCUT2D eigenvalue weighted by Gasteiger charge is 2.17. The van der Waals surface area contributed by atoms with Gasteiger partial charge in [0.15, 0.2) is 0 Å². The van der Waals surface area contributed by atoms with Crippen molar-refractivity contribution in [3.63, 3.8) is 0 Å². The molecule has 110 valence electrons. The van der Waals surface area contributed by atoms with Gasteiger partial charge < -0.3 is 14.3 Å². The first-order valence-electron chi connectivity index (χ1n) is 7.60. The molecule has 2 aromatic heterocycles. The van der Waals surface area contributed by atoms with Crippen molar-refractivity contribution < 1.29 is 4.42 Å². The maximum absolute atomic E-state index is 5.91. The van der Waals surface area contributed by atoms with E-state index in [1.165, 1.54) is 0 Å². The second kappa shape index (κ2) is 7.29. The predicted molar refractivity (Wildman–Crippen MR) is 80.7 cm³/mol. The molecule has 0 fully saturated rings. The van der Waals surface area contributed by atoms with Crippen molar-refractivity contribution in [1.29, 1.82) is 0 Å². The monoisotopic (exact) mass is 275 g/mol. The zero-order valence-corrected chi connectivity index (χ0v) is 12.7. The lowest BCUT2D eigenvalue weighted by atomic mass is 10.1. The minimum absolute atomic E-state index is 0.197. The van der Waals surface area contributed by atoms with E-state index in [9.17, 15) is 0 Å². The van der Waals surface area contributed by atoms with Crippen LogP contribution in [0, 0.1) is 0 Å². The predicted octanol–water partition coefficient (Wildman–Crippen LogP) is 3.34. The molecule has 4 heteroatoms. The summed E-state index contributed by atoms with van der Waals surface area (Å²) in [7, 11) is 0. The minimum Gasteiger partial charge on any atom is -0.464 e. The van der Waals surface area contributed by atoms with Gasteiger partial charge in [-0.15, -0.1) is 0 Å². The summed E-state index contributed by atoms with van der Waals surface area (Å²) in [4.78, 5) is 4.47. The van der Waals surface area contributed by atoms with Gasteiger partial charge in [0, 0.05) is 31.8 Å². The maximum Gasteiger partial charge on any atom is 0.121 e. The Bertz CT molecular complexity index is 515. The summed E-state index contributed by atoms with van der Waals surface area (Å²) in [6.45, 7) is 8.37. The average molecular weight is 275 g/mol. The first kappa shape index (κ1) is 14.9. The quantitative estimate of drug-likeness (QED) is 0.803. The number of hydrogen-bond donors (Lipinski definition) is 1. The Labute approximate surface area is 121 Å². The molecule has 2 aromatic rings. The first-order chi connectivity index (χ1) is 9.78. The van der Waals surface area contributed by atoms with E-state index in [0.29, 0.717) is 0 Å². The third-order valence-corrected chi connectivity index (χ3v) is 3.54. The van der Waals surface area contributed by atoms with Gasteiger partial charge >= 0.3 is 0 Å². The standard InChI is InChI=1S/C16H25N3O/c1-4-9-17-14(15-8-7-13(5-2)20-15)12-16-18-10-11-19(16)6-3/h7-8,10-11,14,17H,4-6,9,12H2,1-3H3. The van der Waals surface area contributed by atoms with Crippen molar-refractivity contribution >= 4 is 0 Å². The highest BCUT2D eigenvalue weighted by molar-refractivity contribution is 5.13. The van der Waals surface area contributed by atoms with Crippen LogP contribution >= 0.6 is 0 Å². The highest BCUT2D eigenvalue weighted by atomic mass is 16.3. The van der Waals surface area contributed by atoms with E-state index in [1.54, 1.807) is 0 Å². The zero-order chi connectivity index (χ0) is 14.4. The maximum atomic E-state index is 5.91. The van der Waals surface area contributed by atoms with Crippen molar-refractivity contribution in [2.24, 2.45) is 0 Å². The molecular formula is C16H25N3O. The van der Waals surface area contributed by atoms with Gasteiger partial charge in [-0.05, 0) is 32.0 Å². The van der Waals surface area contributed by atoms with Crippen LogP contribution in [0.3, 0.4) is 0 Å². The molecule has 0 bridgehead atoms. The number of furan rings is 1. The van der Waals surface area contributed by atoms with Crippen molar-refractivity contribution in [3.8, 4) is 0 Å². The van der Waals surface area contributed by atoms with Gasteiger partial charge in [0.2, 0.25) is 0 Å². The van der Waals surface area contributed by atoms with Gasteiger partial charge in [0.25, 0.3) is 0 Å². The molecule has 0 saturated carbocycles. The summed E-state index contributed by atoms with van der Waals surface area (Å²) in [5, 5.41) is 3.57. The van der Waals surface area contributed by atoms with Gasteiger partial charge in [0.05, 0.1) is 6.04 Å². The molecule has 0 spiro atoms. The smallest absolute Gasteiger partial charge is 0.121 e. The molecule has 1 atom stereocenters. The fourth-order valence-corrected chi connectivity index (χ4v) is 2.36. The Morgan fingerprint density at radius 1 is 1.30 bits per heavy atom. The van der Waals surface area contributed by atoms with Gasteiger partial charge in [-0.3, -0.25) is 0 Å². The molecule has 1 N–H and O–H groups in total. The Hall–Kier alpha value is -1.55. The fourth-order valence-electron chi connectivity index (χ4n) is 2.36. The van der Waals surface area contributed by atoms with Gasteiger partial charge in [-0.25, -0.2) is 4.98 Å². The summed E-state index contributed by atoms with van der Waals surface area (Å²) in [6, 6.07) is 4.36. The molecule has 1 unspecified atom stereocenters. The molecule has 20 heavy (non-hydrogen) atoms. The number of aryl methyl sites for hydroxylation is 2. The number of rotatable bonds is 8. The van der Waals surface area contributed by atoms with Crippen LogP contribution in [0.2, 0.25) is 0 Å². The van der Waals surface area contributed by atoms with Crippen LogP contribution in [0.15, 0.2) is 28.9 Å². The van der Waals surface area contributed by atoms with Crippen LogP contribution in [0.25, 0.3) is 0 Å². The topological polar surface area (TPSA) is 43.0 Å². The lowest BCUT2D eigenvalue weighted by molar-refractivity contribution is 0.386. The molecule has 0 amide bonds. The van der Waals surface area contributed by atoms with Gasteiger partial charge in [0.1, 0.15) is 17.3 Å². The number of hydrogen-bond acceptors (Lipinski definition) is 3. The van der Waals surface area contributed by atoms with E-state index >= 15 is 0 Å². The Morgan fingerprint density at radius 3 is 2.80 bits per heavy atom. The third-order valence-electron chi connectivity index (χ3n) is 3.54. The SMILES string of the molecule is CCCNC(Cc1nccn1CC)c1ccc(CC)o1. The van der Waals surface area contributed by atoms with Gasteiger partial charge in [-0.2, -0.15) is 0 Å². The number of nitrogens with zero attached hydrogens (tertiary/aromatic N) is 2. The summed E-state index contributed by atoms with van der Waals surface area (Å²) in [5.74, 6) is 3.17. The largest absolute Gasteiger partial charge is 0.464 e. The highest BCUT2D eigenvalue weighted by Crippen LogP contribution is 2.21. The van der Waals surface area contributed by atoms with E-state index < -0.39 is 0 Å². The number of imidazole rings is 1. The Kier molecular flexibility index (Phi) is 5.41. The molecule has 0 aromatic carbocycles.